The van der Waals surface area contributed by atoms with Crippen LogP contribution in [0.5, 0.6) is 17.2 Å². The van der Waals surface area contributed by atoms with Gasteiger partial charge in [-0.3, -0.25) is 14.4 Å². The number of methoxy groups -OCH3 is 1. The summed E-state index contributed by atoms with van der Waals surface area (Å²) < 4.78 is 22.9. The second-order valence-corrected chi connectivity index (χ2v) is 12.4. The standard InChI is InChI=1S/C37H47N5O7/c1-23(2)42(24(3)4)37(45)27-14-17-31(33(21-27)46-6)48-19-11-10-18-47-28-15-16-29-32(22-28)49-41-34(29)40-36(44)30(39-35(43)25(5)38)20-26-12-8-7-9-13-26/h7-9,12-17,21-25,30H,10-11,18-20,38H2,1-6H3,(H,39,43)(H,40,41,44)/t25-,30?/m0/s1. The van der Waals surface area contributed by atoms with Crippen LogP contribution in [0.4, 0.5) is 5.82 Å². The molecule has 2 atom stereocenters. The first-order chi connectivity index (χ1) is 23.5. The maximum Gasteiger partial charge on any atom is 0.254 e. The lowest BCUT2D eigenvalue weighted by atomic mass is 10.0. The predicted molar refractivity (Wildman–Crippen MR) is 188 cm³/mol. The molecule has 49 heavy (non-hydrogen) atoms. The molecule has 3 amide bonds. The van der Waals surface area contributed by atoms with Crippen LogP contribution in [0, 0.1) is 0 Å². The number of carbonyl (C=O) groups excluding carboxylic acids is 3. The van der Waals surface area contributed by atoms with Gasteiger partial charge in [0.1, 0.15) is 11.8 Å². The molecular formula is C37H47N5O7. The summed E-state index contributed by atoms with van der Waals surface area (Å²) >= 11 is 0. The number of nitrogens with one attached hydrogen (secondary N) is 2. The molecule has 0 spiro atoms. The Morgan fingerprint density at radius 3 is 2.20 bits per heavy atom. The van der Waals surface area contributed by atoms with Crippen LogP contribution in [0.1, 0.15) is 63.4 Å². The van der Waals surface area contributed by atoms with E-state index in [0.29, 0.717) is 47.0 Å². The number of nitrogens with two attached hydrogens (primary N) is 1. The van der Waals surface area contributed by atoms with Gasteiger partial charge in [0, 0.05) is 30.1 Å². The van der Waals surface area contributed by atoms with Crippen LogP contribution in [0.3, 0.4) is 0 Å². The van der Waals surface area contributed by atoms with Crippen molar-refractivity contribution in [3.05, 3.63) is 77.9 Å². The van der Waals surface area contributed by atoms with Gasteiger partial charge >= 0.3 is 0 Å². The lowest BCUT2D eigenvalue weighted by Crippen LogP contribution is -2.50. The summed E-state index contributed by atoms with van der Waals surface area (Å²) in [6.45, 7) is 10.4. The Morgan fingerprint density at radius 2 is 1.55 bits per heavy atom. The summed E-state index contributed by atoms with van der Waals surface area (Å²) in [5.41, 5.74) is 7.60. The smallest absolute Gasteiger partial charge is 0.254 e. The maximum absolute atomic E-state index is 13.2. The molecule has 0 aliphatic heterocycles. The number of aromatic nitrogens is 1. The fourth-order valence-electron chi connectivity index (χ4n) is 5.37. The number of benzene rings is 3. The number of ether oxygens (including phenoxy) is 3. The highest BCUT2D eigenvalue weighted by Crippen LogP contribution is 2.30. The molecule has 0 fully saturated rings. The van der Waals surface area contributed by atoms with E-state index in [1.54, 1.807) is 50.4 Å². The van der Waals surface area contributed by atoms with Crippen LogP contribution < -0.4 is 30.6 Å². The summed E-state index contributed by atoms with van der Waals surface area (Å²) in [5.74, 6) is 0.980. The van der Waals surface area contributed by atoms with Crippen molar-refractivity contribution >= 4 is 34.5 Å². The Kier molecular flexibility index (Phi) is 13.0. The van der Waals surface area contributed by atoms with Crippen molar-refractivity contribution in [2.45, 2.75) is 78.0 Å². The zero-order valence-electron chi connectivity index (χ0n) is 29.0. The first kappa shape index (κ1) is 36.7. The molecule has 12 nitrogen and oxygen atoms in total. The van der Waals surface area contributed by atoms with E-state index in [4.69, 9.17) is 24.5 Å². The molecule has 4 N–H and O–H groups in total. The highest BCUT2D eigenvalue weighted by Gasteiger charge is 2.25. The van der Waals surface area contributed by atoms with E-state index < -0.39 is 23.9 Å². The summed E-state index contributed by atoms with van der Waals surface area (Å²) in [7, 11) is 1.56. The van der Waals surface area contributed by atoms with Gasteiger partial charge in [-0.1, -0.05) is 35.5 Å². The number of anilines is 1. The molecule has 0 saturated carbocycles. The zero-order chi connectivity index (χ0) is 35.5. The molecule has 4 aromatic rings. The fourth-order valence-corrected chi connectivity index (χ4v) is 5.37. The average molecular weight is 674 g/mol. The fraction of sp³-hybridized carbons (Fsp3) is 0.405. The lowest BCUT2D eigenvalue weighted by molar-refractivity contribution is -0.127. The normalized spacial score (nSPS) is 12.4. The van der Waals surface area contributed by atoms with E-state index in [9.17, 15) is 14.4 Å². The minimum Gasteiger partial charge on any atom is -0.493 e. The zero-order valence-corrected chi connectivity index (χ0v) is 29.0. The number of nitrogens with zero attached hydrogens (tertiary/aromatic N) is 2. The molecule has 0 radical (unpaired) electrons. The molecule has 12 heteroatoms. The van der Waals surface area contributed by atoms with Gasteiger partial charge in [0.25, 0.3) is 5.91 Å². The number of amides is 3. The number of fused-ring (bicyclic) bond motifs is 1. The highest BCUT2D eigenvalue weighted by atomic mass is 16.5. The lowest BCUT2D eigenvalue weighted by Gasteiger charge is -2.31. The minimum atomic E-state index is -0.866. The minimum absolute atomic E-state index is 0.0491. The maximum atomic E-state index is 13.2. The van der Waals surface area contributed by atoms with E-state index in [2.05, 4.69) is 15.8 Å². The summed E-state index contributed by atoms with van der Waals surface area (Å²) in [6.07, 6.45) is 1.73. The van der Waals surface area contributed by atoms with Gasteiger partial charge in [-0.2, -0.15) is 0 Å². The number of carbonyl (C=O) groups is 3. The Bertz CT molecular complexity index is 1700. The van der Waals surface area contributed by atoms with Crippen molar-refractivity contribution in [3.63, 3.8) is 0 Å². The van der Waals surface area contributed by atoms with Crippen LogP contribution >= 0.6 is 0 Å². The SMILES string of the molecule is COc1cc(C(=O)N(C(C)C)C(C)C)ccc1OCCCCOc1ccc2c(NC(=O)C(Cc3ccccc3)NC(=O)[C@H](C)N)noc2c1. The molecule has 1 heterocycles. The molecule has 1 unspecified atom stereocenters. The van der Waals surface area contributed by atoms with Gasteiger partial charge in [0.15, 0.2) is 22.9 Å². The molecule has 0 aliphatic rings. The summed E-state index contributed by atoms with van der Waals surface area (Å²) in [4.78, 5) is 40.5. The number of unbranched alkanes of at least 4 members (excludes halogenated alkanes) is 1. The van der Waals surface area contributed by atoms with Crippen molar-refractivity contribution < 1.29 is 33.1 Å². The Balaban J connectivity index is 1.28. The van der Waals surface area contributed by atoms with Crippen LogP contribution in [0.15, 0.2) is 71.3 Å². The van der Waals surface area contributed by atoms with E-state index >= 15 is 0 Å². The Labute approximate surface area is 287 Å². The van der Waals surface area contributed by atoms with E-state index in [-0.39, 0.29) is 30.2 Å². The van der Waals surface area contributed by atoms with Gasteiger partial charge in [-0.15, -0.1) is 0 Å². The van der Waals surface area contributed by atoms with Gasteiger partial charge in [-0.05, 0) is 83.4 Å². The first-order valence-electron chi connectivity index (χ1n) is 16.5. The number of hydrogen-bond donors (Lipinski definition) is 3. The average Bonchev–Trinajstić information content (AvgIpc) is 3.47. The monoisotopic (exact) mass is 673 g/mol. The Hall–Kier alpha value is -5.10. The molecule has 0 aliphatic carbocycles. The molecular weight excluding hydrogens is 626 g/mol. The van der Waals surface area contributed by atoms with Crippen molar-refractivity contribution in [2.75, 3.05) is 25.6 Å². The van der Waals surface area contributed by atoms with Gasteiger partial charge < -0.3 is 40.0 Å². The molecule has 3 aromatic carbocycles. The van der Waals surface area contributed by atoms with Crippen LogP contribution in [-0.4, -0.2) is 72.3 Å². The predicted octanol–water partition coefficient (Wildman–Crippen LogP) is 5.35. The first-order valence-corrected chi connectivity index (χ1v) is 16.5. The second-order valence-electron chi connectivity index (χ2n) is 12.4. The van der Waals surface area contributed by atoms with E-state index in [1.165, 1.54) is 0 Å². The van der Waals surface area contributed by atoms with Crippen molar-refractivity contribution in [3.8, 4) is 17.2 Å². The quantitative estimate of drug-likeness (QED) is 0.126. The van der Waals surface area contributed by atoms with Gasteiger partial charge in [0.2, 0.25) is 11.8 Å². The third-order valence-corrected chi connectivity index (χ3v) is 7.84. The van der Waals surface area contributed by atoms with Crippen LogP contribution in [-0.2, 0) is 16.0 Å². The highest BCUT2D eigenvalue weighted by molar-refractivity contribution is 6.02. The van der Waals surface area contributed by atoms with E-state index in [0.717, 1.165) is 18.4 Å². The van der Waals surface area contributed by atoms with Crippen LogP contribution in [0.2, 0.25) is 0 Å². The van der Waals surface area contributed by atoms with Crippen molar-refractivity contribution in [2.24, 2.45) is 5.73 Å². The van der Waals surface area contributed by atoms with E-state index in [1.807, 2.05) is 62.9 Å². The number of rotatable bonds is 17. The molecule has 0 bridgehead atoms. The number of hydrogen-bond acceptors (Lipinski definition) is 9. The molecule has 4 rings (SSSR count). The second kappa shape index (κ2) is 17.3. The summed E-state index contributed by atoms with van der Waals surface area (Å²) in [5, 5.41) is 10.1. The van der Waals surface area contributed by atoms with Gasteiger partial charge in [0.05, 0.1) is 31.8 Å². The van der Waals surface area contributed by atoms with Crippen LogP contribution in [0.25, 0.3) is 11.0 Å². The molecule has 0 saturated heterocycles. The van der Waals surface area contributed by atoms with Gasteiger partial charge in [-0.25, -0.2) is 0 Å². The third-order valence-electron chi connectivity index (χ3n) is 7.84. The third kappa shape index (κ3) is 9.96. The molecule has 262 valence electrons. The Morgan fingerprint density at radius 1 is 0.857 bits per heavy atom. The topological polar surface area (TPSA) is 158 Å². The summed E-state index contributed by atoms with van der Waals surface area (Å²) in [6, 6.07) is 18.4. The van der Waals surface area contributed by atoms with Crippen molar-refractivity contribution in [1.29, 1.82) is 0 Å². The largest absolute Gasteiger partial charge is 0.493 e. The molecule has 1 aromatic heterocycles. The van der Waals surface area contributed by atoms with Crippen molar-refractivity contribution in [1.82, 2.24) is 15.4 Å².